The van der Waals surface area contributed by atoms with Gasteiger partial charge in [0.05, 0.1) is 12.2 Å². The predicted octanol–water partition coefficient (Wildman–Crippen LogP) is 1.26. The lowest BCUT2D eigenvalue weighted by Gasteiger charge is -2.08. The smallest absolute Gasteiger partial charge is 0.335 e. The van der Waals surface area contributed by atoms with Crippen molar-refractivity contribution in [2.24, 2.45) is 0 Å². The molecule has 0 aliphatic carbocycles. The second kappa shape index (κ2) is 8.92. The second-order valence-corrected chi connectivity index (χ2v) is 4.14. The van der Waals surface area contributed by atoms with Crippen molar-refractivity contribution >= 4 is 12.0 Å². The van der Waals surface area contributed by atoms with Crippen molar-refractivity contribution in [2.45, 2.75) is 13.3 Å². The van der Waals surface area contributed by atoms with Gasteiger partial charge in [0.2, 0.25) is 0 Å². The van der Waals surface area contributed by atoms with Gasteiger partial charge in [0, 0.05) is 19.7 Å². The van der Waals surface area contributed by atoms with Crippen molar-refractivity contribution in [3.8, 4) is 0 Å². The fourth-order valence-electron chi connectivity index (χ4n) is 1.62. The minimum atomic E-state index is -0.950. The van der Waals surface area contributed by atoms with Crippen LogP contribution in [0.5, 0.6) is 0 Å². The molecule has 3 N–H and O–H groups in total. The van der Waals surface area contributed by atoms with E-state index in [2.05, 4.69) is 10.6 Å². The van der Waals surface area contributed by atoms with Crippen LogP contribution in [0.4, 0.5) is 4.79 Å². The third kappa shape index (κ3) is 6.19. The molecule has 0 saturated heterocycles. The van der Waals surface area contributed by atoms with E-state index in [1.165, 1.54) is 0 Å². The van der Waals surface area contributed by atoms with E-state index in [-0.39, 0.29) is 11.6 Å². The number of aromatic carboxylic acids is 1. The summed E-state index contributed by atoms with van der Waals surface area (Å²) in [6.07, 6.45) is 0.583. The van der Waals surface area contributed by atoms with Crippen LogP contribution in [0.3, 0.4) is 0 Å². The molecule has 1 rings (SSSR count). The molecule has 0 unspecified atom stereocenters. The number of hydrogen-bond acceptors (Lipinski definition) is 3. The van der Waals surface area contributed by atoms with Gasteiger partial charge in [0.25, 0.3) is 0 Å². The standard InChI is InChI=1S/C14H20N2O4/c1-2-20-9-8-16-14(19)15-7-6-11-4-3-5-12(10-11)13(17)18/h3-5,10H,2,6-9H2,1H3,(H,17,18)(H2,15,16,19). The summed E-state index contributed by atoms with van der Waals surface area (Å²) in [5.41, 5.74) is 1.13. The van der Waals surface area contributed by atoms with Crippen molar-refractivity contribution in [3.05, 3.63) is 35.4 Å². The van der Waals surface area contributed by atoms with Crippen molar-refractivity contribution < 1.29 is 19.4 Å². The number of amides is 2. The number of ether oxygens (including phenoxy) is 1. The van der Waals surface area contributed by atoms with Crippen LogP contribution in [0.15, 0.2) is 24.3 Å². The highest BCUT2D eigenvalue weighted by Crippen LogP contribution is 2.05. The average Bonchev–Trinajstić information content (AvgIpc) is 2.44. The zero-order valence-corrected chi connectivity index (χ0v) is 11.5. The predicted molar refractivity (Wildman–Crippen MR) is 75.0 cm³/mol. The molecule has 1 aromatic rings. The molecular weight excluding hydrogens is 260 g/mol. The maximum atomic E-state index is 11.4. The van der Waals surface area contributed by atoms with Gasteiger partial charge >= 0.3 is 12.0 Å². The molecule has 0 spiro atoms. The molecule has 1 aromatic carbocycles. The van der Waals surface area contributed by atoms with E-state index in [1.807, 2.05) is 13.0 Å². The Labute approximate surface area is 118 Å². The van der Waals surface area contributed by atoms with Crippen LogP contribution in [-0.2, 0) is 11.2 Å². The number of carbonyl (C=O) groups is 2. The lowest BCUT2D eigenvalue weighted by molar-refractivity contribution is 0.0696. The minimum Gasteiger partial charge on any atom is -0.478 e. The number of urea groups is 1. The lowest BCUT2D eigenvalue weighted by atomic mass is 10.1. The minimum absolute atomic E-state index is 0.251. The molecule has 0 fully saturated rings. The van der Waals surface area contributed by atoms with E-state index in [1.54, 1.807) is 18.2 Å². The molecule has 0 aliphatic heterocycles. The van der Waals surface area contributed by atoms with Crippen LogP contribution in [-0.4, -0.2) is 43.4 Å². The summed E-state index contributed by atoms with van der Waals surface area (Å²) >= 11 is 0. The Morgan fingerprint density at radius 3 is 2.70 bits per heavy atom. The van der Waals surface area contributed by atoms with Crippen molar-refractivity contribution in [1.29, 1.82) is 0 Å². The maximum absolute atomic E-state index is 11.4. The highest BCUT2D eigenvalue weighted by Gasteiger charge is 2.04. The summed E-state index contributed by atoms with van der Waals surface area (Å²) in [4.78, 5) is 22.2. The van der Waals surface area contributed by atoms with Crippen molar-refractivity contribution in [3.63, 3.8) is 0 Å². The highest BCUT2D eigenvalue weighted by molar-refractivity contribution is 5.87. The Balaban J connectivity index is 2.25. The van der Waals surface area contributed by atoms with Crippen LogP contribution >= 0.6 is 0 Å². The molecule has 0 saturated carbocycles. The quantitative estimate of drug-likeness (QED) is 0.626. The van der Waals surface area contributed by atoms with E-state index in [9.17, 15) is 9.59 Å². The number of benzene rings is 1. The first-order valence-electron chi connectivity index (χ1n) is 6.55. The monoisotopic (exact) mass is 280 g/mol. The fraction of sp³-hybridized carbons (Fsp3) is 0.429. The first-order valence-corrected chi connectivity index (χ1v) is 6.55. The van der Waals surface area contributed by atoms with Gasteiger partial charge in [-0.05, 0) is 31.0 Å². The van der Waals surface area contributed by atoms with Crippen molar-refractivity contribution in [2.75, 3.05) is 26.3 Å². The lowest BCUT2D eigenvalue weighted by Crippen LogP contribution is -2.38. The number of carbonyl (C=O) groups excluding carboxylic acids is 1. The first kappa shape index (κ1) is 16.0. The van der Waals surface area contributed by atoms with E-state index in [4.69, 9.17) is 9.84 Å². The van der Waals surface area contributed by atoms with Gasteiger partial charge in [-0.1, -0.05) is 12.1 Å². The Morgan fingerprint density at radius 1 is 1.25 bits per heavy atom. The summed E-state index contributed by atoms with van der Waals surface area (Å²) in [6, 6.07) is 6.43. The normalized spacial score (nSPS) is 10.1. The maximum Gasteiger partial charge on any atom is 0.335 e. The SMILES string of the molecule is CCOCCNC(=O)NCCc1cccc(C(=O)O)c1. The van der Waals surface area contributed by atoms with Gasteiger partial charge in [0.15, 0.2) is 0 Å². The third-order valence-electron chi connectivity index (χ3n) is 2.61. The van der Waals surface area contributed by atoms with Crippen LogP contribution in [0.1, 0.15) is 22.8 Å². The number of rotatable bonds is 8. The third-order valence-corrected chi connectivity index (χ3v) is 2.61. The van der Waals surface area contributed by atoms with Gasteiger partial charge in [-0.2, -0.15) is 0 Å². The zero-order valence-electron chi connectivity index (χ0n) is 11.5. The van der Waals surface area contributed by atoms with Crippen molar-refractivity contribution in [1.82, 2.24) is 10.6 Å². The average molecular weight is 280 g/mol. The van der Waals surface area contributed by atoms with Gasteiger partial charge in [-0.3, -0.25) is 0 Å². The number of carboxylic acid groups (broad SMARTS) is 1. The molecule has 6 nitrogen and oxygen atoms in total. The molecule has 0 heterocycles. The Hall–Kier alpha value is -2.08. The van der Waals surface area contributed by atoms with E-state index in [0.717, 1.165) is 5.56 Å². The van der Waals surface area contributed by atoms with E-state index < -0.39 is 5.97 Å². The Morgan fingerprint density at radius 2 is 2.00 bits per heavy atom. The topological polar surface area (TPSA) is 87.7 Å². The molecule has 0 atom stereocenters. The van der Waals surface area contributed by atoms with Crippen LogP contribution in [0.2, 0.25) is 0 Å². The molecule has 0 radical (unpaired) electrons. The summed E-state index contributed by atoms with van der Waals surface area (Å²) in [7, 11) is 0. The Bertz CT molecular complexity index is 449. The molecule has 0 aromatic heterocycles. The molecule has 0 aliphatic rings. The fourth-order valence-corrected chi connectivity index (χ4v) is 1.62. The van der Waals surface area contributed by atoms with Crippen LogP contribution in [0, 0.1) is 0 Å². The van der Waals surface area contributed by atoms with E-state index >= 15 is 0 Å². The zero-order chi connectivity index (χ0) is 14.8. The summed E-state index contributed by atoms with van der Waals surface area (Å²) < 4.78 is 5.10. The molecule has 20 heavy (non-hydrogen) atoms. The largest absolute Gasteiger partial charge is 0.478 e. The summed E-state index contributed by atoms with van der Waals surface area (Å²) in [5.74, 6) is -0.950. The van der Waals surface area contributed by atoms with Crippen LogP contribution < -0.4 is 10.6 Å². The molecule has 0 bridgehead atoms. The second-order valence-electron chi connectivity index (χ2n) is 4.14. The van der Waals surface area contributed by atoms with Gasteiger partial charge in [-0.15, -0.1) is 0 Å². The molecular formula is C14H20N2O4. The highest BCUT2D eigenvalue weighted by atomic mass is 16.5. The van der Waals surface area contributed by atoms with Gasteiger partial charge in [0.1, 0.15) is 0 Å². The first-order chi connectivity index (χ1) is 9.63. The van der Waals surface area contributed by atoms with E-state index in [0.29, 0.717) is 32.7 Å². The summed E-state index contributed by atoms with van der Waals surface area (Å²) in [6.45, 7) is 3.93. The van der Waals surface area contributed by atoms with Gasteiger partial charge in [-0.25, -0.2) is 9.59 Å². The number of carboxylic acids is 1. The molecule has 2 amide bonds. The Kier molecular flexibility index (Phi) is 7.13. The summed E-state index contributed by atoms with van der Waals surface area (Å²) in [5, 5.41) is 14.2. The van der Waals surface area contributed by atoms with Gasteiger partial charge < -0.3 is 20.5 Å². The van der Waals surface area contributed by atoms with Crippen LogP contribution in [0.25, 0.3) is 0 Å². The molecule has 6 heteroatoms. The number of hydrogen-bond donors (Lipinski definition) is 3. The molecule has 110 valence electrons. The number of nitrogens with one attached hydrogen (secondary N) is 2.